The molecule has 1 aromatic carbocycles. The van der Waals surface area contributed by atoms with E-state index in [1.54, 1.807) is 11.1 Å². The summed E-state index contributed by atoms with van der Waals surface area (Å²) in [6.45, 7) is 2.61. The molecule has 0 unspecified atom stereocenters. The van der Waals surface area contributed by atoms with E-state index < -0.39 is 0 Å². The predicted octanol–water partition coefficient (Wildman–Crippen LogP) is 6.32. The van der Waals surface area contributed by atoms with Gasteiger partial charge >= 0.3 is 0 Å². The fourth-order valence-corrected chi connectivity index (χ4v) is 8.38. The Kier molecular flexibility index (Phi) is 4.61. The summed E-state index contributed by atoms with van der Waals surface area (Å²) >= 11 is 0. The third-order valence-corrected chi connectivity index (χ3v) is 10.2. The molecule has 6 atom stereocenters. The lowest BCUT2D eigenvalue weighted by Crippen LogP contribution is -2.55. The van der Waals surface area contributed by atoms with E-state index in [9.17, 15) is 0 Å². The Morgan fingerprint density at radius 2 is 1.90 bits per heavy atom. The Morgan fingerprint density at radius 3 is 2.71 bits per heavy atom. The quantitative estimate of drug-likeness (QED) is 0.568. The van der Waals surface area contributed by atoms with E-state index in [1.807, 2.05) is 0 Å². The molecule has 1 aromatic rings. The highest BCUT2D eigenvalue weighted by atomic mass is 16.5. The van der Waals surface area contributed by atoms with E-state index >= 15 is 0 Å². The standard InChI is InChI=1S/C29H39NO/c1-27-16-15-24-19-23-11-13-25(30(2)3)20-28(23)17-18-29(24,31-28)26(27)14-12-22(27)10-9-21-7-5-4-6-8-21/h4-8,15,19,22,25-26H,9-14,16-18,20H2,1-3H3/t22-,25+,26+,27+,28+,29+/m0/s1. The molecule has 5 aliphatic rings. The average Bonchev–Trinajstić information content (AvgIpc) is 3.27. The number of allylic oxidation sites excluding steroid dienone is 1. The first kappa shape index (κ1) is 20.2. The van der Waals surface area contributed by atoms with E-state index in [4.69, 9.17) is 4.74 Å². The number of fused-ring (bicyclic) bond motifs is 1. The van der Waals surface area contributed by atoms with Crippen LogP contribution in [0.15, 0.2) is 53.6 Å². The summed E-state index contributed by atoms with van der Waals surface area (Å²) in [4.78, 5) is 2.44. The number of hydrogen-bond donors (Lipinski definition) is 0. The van der Waals surface area contributed by atoms with Gasteiger partial charge in [-0.1, -0.05) is 49.4 Å². The van der Waals surface area contributed by atoms with E-state index in [2.05, 4.69) is 68.4 Å². The molecule has 2 aliphatic heterocycles. The van der Waals surface area contributed by atoms with Crippen LogP contribution in [0.3, 0.4) is 0 Å². The van der Waals surface area contributed by atoms with Crippen LogP contribution in [-0.2, 0) is 11.2 Å². The minimum absolute atomic E-state index is 0.00615. The van der Waals surface area contributed by atoms with Gasteiger partial charge in [0.05, 0.1) is 11.2 Å². The summed E-state index contributed by atoms with van der Waals surface area (Å²) in [5, 5.41) is 0. The van der Waals surface area contributed by atoms with Gasteiger partial charge in [-0.25, -0.2) is 0 Å². The van der Waals surface area contributed by atoms with E-state index in [-0.39, 0.29) is 11.2 Å². The van der Waals surface area contributed by atoms with Crippen molar-refractivity contribution >= 4 is 0 Å². The molecule has 2 heteroatoms. The van der Waals surface area contributed by atoms with E-state index in [1.165, 1.54) is 69.8 Å². The zero-order valence-electron chi connectivity index (χ0n) is 19.7. The van der Waals surface area contributed by atoms with Gasteiger partial charge in [0.15, 0.2) is 0 Å². The van der Waals surface area contributed by atoms with Crippen molar-refractivity contribution in [2.75, 3.05) is 14.1 Å². The van der Waals surface area contributed by atoms with Crippen LogP contribution in [0.4, 0.5) is 0 Å². The predicted molar refractivity (Wildman–Crippen MR) is 127 cm³/mol. The molecule has 1 saturated heterocycles. The van der Waals surface area contributed by atoms with Gasteiger partial charge in [0.1, 0.15) is 0 Å². The Balaban J connectivity index is 1.29. The number of hydrogen-bond acceptors (Lipinski definition) is 2. The summed E-state index contributed by atoms with van der Waals surface area (Å²) in [7, 11) is 4.50. The van der Waals surface area contributed by atoms with Crippen LogP contribution in [-0.4, -0.2) is 36.2 Å². The summed E-state index contributed by atoms with van der Waals surface area (Å²) in [5.41, 5.74) is 5.11. The van der Waals surface area contributed by atoms with Gasteiger partial charge in [0.2, 0.25) is 0 Å². The molecule has 0 amide bonds. The highest BCUT2D eigenvalue weighted by molar-refractivity contribution is 5.47. The topological polar surface area (TPSA) is 12.5 Å². The zero-order valence-corrected chi connectivity index (χ0v) is 19.7. The largest absolute Gasteiger partial charge is 0.359 e. The Labute approximate surface area is 188 Å². The molecule has 2 nitrogen and oxygen atoms in total. The monoisotopic (exact) mass is 417 g/mol. The third-order valence-electron chi connectivity index (χ3n) is 10.2. The Hall–Kier alpha value is -1.38. The SMILES string of the molecule is CN(C)[C@@H]1CCC2=CC3=CC[C@]4(C)[C@@H](CCc5ccccc5)CC[C@H]4[C@@]34CC[C@]2(C1)O4. The first-order valence-electron chi connectivity index (χ1n) is 12.8. The maximum Gasteiger partial charge on any atom is 0.0974 e. The fourth-order valence-electron chi connectivity index (χ4n) is 8.38. The summed E-state index contributed by atoms with van der Waals surface area (Å²) in [6, 6.07) is 11.8. The lowest BCUT2D eigenvalue weighted by molar-refractivity contribution is -0.142. The van der Waals surface area contributed by atoms with Gasteiger partial charge in [-0.15, -0.1) is 0 Å². The molecule has 3 fully saturated rings. The second kappa shape index (κ2) is 7.06. The van der Waals surface area contributed by atoms with Gasteiger partial charge in [-0.05, 0) is 112 Å². The van der Waals surface area contributed by atoms with Crippen LogP contribution < -0.4 is 0 Å². The molecule has 0 aromatic heterocycles. The Morgan fingerprint density at radius 1 is 1.06 bits per heavy atom. The average molecular weight is 418 g/mol. The molecule has 31 heavy (non-hydrogen) atoms. The van der Waals surface area contributed by atoms with Gasteiger partial charge < -0.3 is 9.64 Å². The van der Waals surface area contributed by atoms with Crippen LogP contribution in [0.1, 0.15) is 70.3 Å². The number of aryl methyl sites for hydroxylation is 1. The van der Waals surface area contributed by atoms with Gasteiger partial charge in [0, 0.05) is 6.04 Å². The number of rotatable bonds is 4. The minimum Gasteiger partial charge on any atom is -0.359 e. The van der Waals surface area contributed by atoms with E-state index in [0.717, 1.165) is 5.92 Å². The third kappa shape index (κ3) is 2.90. The lowest BCUT2D eigenvalue weighted by atomic mass is 9.58. The van der Waals surface area contributed by atoms with Crippen LogP contribution in [0.5, 0.6) is 0 Å². The van der Waals surface area contributed by atoms with Crippen molar-refractivity contribution < 1.29 is 4.74 Å². The number of nitrogens with zero attached hydrogens (tertiary/aromatic N) is 1. The molecule has 3 aliphatic carbocycles. The van der Waals surface area contributed by atoms with E-state index in [0.29, 0.717) is 17.4 Å². The normalized spacial score (nSPS) is 43.2. The second-order valence-electron chi connectivity index (χ2n) is 11.7. The first-order chi connectivity index (χ1) is 15.0. The van der Waals surface area contributed by atoms with Crippen molar-refractivity contribution in [1.29, 1.82) is 0 Å². The van der Waals surface area contributed by atoms with Crippen LogP contribution in [0, 0.1) is 17.3 Å². The van der Waals surface area contributed by atoms with Gasteiger partial charge in [-0.3, -0.25) is 0 Å². The maximum atomic E-state index is 7.39. The van der Waals surface area contributed by atoms with Crippen molar-refractivity contribution in [3.05, 3.63) is 59.2 Å². The molecule has 2 heterocycles. The molecular weight excluding hydrogens is 378 g/mol. The van der Waals surface area contributed by atoms with Crippen LogP contribution in [0.2, 0.25) is 0 Å². The molecule has 2 saturated carbocycles. The van der Waals surface area contributed by atoms with Crippen molar-refractivity contribution in [2.24, 2.45) is 17.3 Å². The van der Waals surface area contributed by atoms with Crippen molar-refractivity contribution in [3.8, 4) is 0 Å². The molecule has 0 radical (unpaired) electrons. The highest BCUT2D eigenvalue weighted by Crippen LogP contribution is 2.68. The maximum absolute atomic E-state index is 7.39. The summed E-state index contributed by atoms with van der Waals surface area (Å²) in [6.07, 6.45) is 17.9. The van der Waals surface area contributed by atoms with Crippen molar-refractivity contribution in [2.45, 2.75) is 88.4 Å². The molecule has 6 rings (SSSR count). The second-order valence-corrected chi connectivity index (χ2v) is 11.7. The van der Waals surface area contributed by atoms with Gasteiger partial charge in [-0.2, -0.15) is 0 Å². The number of ether oxygens (including phenoxy) is 1. The molecule has 2 bridgehead atoms. The molecule has 0 N–H and O–H groups in total. The van der Waals surface area contributed by atoms with Crippen molar-refractivity contribution in [3.63, 3.8) is 0 Å². The van der Waals surface area contributed by atoms with Crippen molar-refractivity contribution in [1.82, 2.24) is 4.90 Å². The smallest absolute Gasteiger partial charge is 0.0974 e. The first-order valence-corrected chi connectivity index (χ1v) is 12.8. The molecule has 2 spiro atoms. The zero-order chi connectivity index (χ0) is 21.3. The number of benzene rings is 1. The summed E-state index contributed by atoms with van der Waals surface area (Å²) < 4.78 is 7.39. The van der Waals surface area contributed by atoms with Crippen LogP contribution in [0.25, 0.3) is 0 Å². The highest BCUT2D eigenvalue weighted by Gasteiger charge is 2.66. The Bertz CT molecular complexity index is 916. The summed E-state index contributed by atoms with van der Waals surface area (Å²) in [5.74, 6) is 1.51. The molecular formula is C29H39NO. The lowest BCUT2D eigenvalue weighted by Gasteiger charge is -2.54. The molecule has 166 valence electrons. The van der Waals surface area contributed by atoms with Crippen LogP contribution >= 0.6 is 0 Å². The van der Waals surface area contributed by atoms with Gasteiger partial charge in [0.25, 0.3) is 0 Å². The minimum atomic E-state index is 0.00615. The fraction of sp³-hybridized carbons (Fsp3) is 0.655.